The molecule has 5 rings (SSSR count). The van der Waals surface area contributed by atoms with E-state index in [9.17, 15) is 14.0 Å². The Hall–Kier alpha value is -1.95. The van der Waals surface area contributed by atoms with Crippen molar-refractivity contribution in [3.05, 3.63) is 29.6 Å². The van der Waals surface area contributed by atoms with Gasteiger partial charge in [-0.3, -0.25) is 9.59 Å². The molecule has 0 unspecified atom stereocenters. The minimum Gasteiger partial charge on any atom is -0.376 e. The highest BCUT2D eigenvalue weighted by Gasteiger charge is 2.57. The smallest absolute Gasteiger partial charge is 0.313 e. The Morgan fingerprint density at radius 3 is 2.30 bits per heavy atom. The third-order valence-electron chi connectivity index (χ3n) is 7.06. The Bertz CT molecular complexity index is 736. The molecule has 0 atom stereocenters. The summed E-state index contributed by atoms with van der Waals surface area (Å²) < 4.78 is 19.6. The highest BCUT2D eigenvalue weighted by molar-refractivity contribution is 6.39. The van der Waals surface area contributed by atoms with Crippen molar-refractivity contribution in [3.63, 3.8) is 0 Å². The number of carbonyl (C=O) groups is 2. The number of nitrogens with one attached hydrogen (secondary N) is 2. The molecule has 2 N–H and O–H groups in total. The molecule has 5 nitrogen and oxygen atoms in total. The maximum Gasteiger partial charge on any atom is 0.313 e. The average Bonchev–Trinajstić information content (AvgIpc) is 2.64. The average molecular weight is 374 g/mol. The van der Waals surface area contributed by atoms with Crippen LogP contribution < -0.4 is 10.6 Å². The van der Waals surface area contributed by atoms with Crippen LogP contribution in [0.4, 0.5) is 10.1 Å². The fourth-order valence-corrected chi connectivity index (χ4v) is 5.83. The molecule has 146 valence electrons. The SMILES string of the molecule is COC1(CNC(=O)C(=O)Nc2ccc(C)c(F)c2)C2CC3CC(C2)CC1C3. The van der Waals surface area contributed by atoms with Gasteiger partial charge < -0.3 is 15.4 Å². The monoisotopic (exact) mass is 374 g/mol. The number of amides is 2. The summed E-state index contributed by atoms with van der Waals surface area (Å²) in [5.74, 6) is 0.591. The maximum absolute atomic E-state index is 13.6. The molecule has 4 aliphatic carbocycles. The quantitative estimate of drug-likeness (QED) is 0.796. The van der Waals surface area contributed by atoms with E-state index >= 15 is 0 Å². The molecule has 0 aliphatic heterocycles. The topological polar surface area (TPSA) is 67.4 Å². The molecule has 4 fully saturated rings. The molecule has 4 aliphatic rings. The number of carbonyl (C=O) groups excluding carboxylic acids is 2. The van der Waals surface area contributed by atoms with Gasteiger partial charge in [-0.15, -0.1) is 0 Å². The fourth-order valence-electron chi connectivity index (χ4n) is 5.83. The predicted octanol–water partition coefficient (Wildman–Crippen LogP) is 3.03. The Labute approximate surface area is 159 Å². The molecular formula is C21H27FN2O3. The van der Waals surface area contributed by atoms with Crippen LogP contribution in [0.25, 0.3) is 0 Å². The van der Waals surface area contributed by atoms with Gasteiger partial charge >= 0.3 is 11.8 Å². The molecule has 6 heteroatoms. The van der Waals surface area contributed by atoms with Gasteiger partial charge in [0.15, 0.2) is 0 Å². The zero-order chi connectivity index (χ0) is 19.2. The van der Waals surface area contributed by atoms with E-state index in [4.69, 9.17) is 4.74 Å². The number of ether oxygens (including phenoxy) is 1. The number of benzene rings is 1. The van der Waals surface area contributed by atoms with Crippen molar-refractivity contribution >= 4 is 17.5 Å². The van der Waals surface area contributed by atoms with E-state index in [1.165, 1.54) is 12.5 Å². The zero-order valence-electron chi connectivity index (χ0n) is 15.9. The second kappa shape index (κ2) is 6.89. The number of hydrogen-bond donors (Lipinski definition) is 2. The van der Waals surface area contributed by atoms with Gasteiger partial charge in [0.1, 0.15) is 5.82 Å². The lowest BCUT2D eigenvalue weighted by Crippen LogP contribution is -2.63. The lowest BCUT2D eigenvalue weighted by molar-refractivity contribution is -0.188. The first kappa shape index (κ1) is 18.4. The van der Waals surface area contributed by atoms with E-state index in [0.29, 0.717) is 23.9 Å². The normalized spacial score (nSPS) is 33.7. The fraction of sp³-hybridized carbons (Fsp3) is 0.619. The van der Waals surface area contributed by atoms with Gasteiger partial charge in [-0.2, -0.15) is 0 Å². The minimum atomic E-state index is -0.784. The Morgan fingerprint density at radius 2 is 1.74 bits per heavy atom. The second-order valence-electron chi connectivity index (χ2n) is 8.56. The molecular weight excluding hydrogens is 347 g/mol. The molecule has 0 heterocycles. The first-order chi connectivity index (χ1) is 12.9. The van der Waals surface area contributed by atoms with Gasteiger partial charge in [0.05, 0.1) is 5.60 Å². The molecule has 1 aromatic carbocycles. The lowest BCUT2D eigenvalue weighted by atomic mass is 9.49. The van der Waals surface area contributed by atoms with Crippen LogP contribution in [0.3, 0.4) is 0 Å². The summed E-state index contributed by atoms with van der Waals surface area (Å²) >= 11 is 0. The summed E-state index contributed by atoms with van der Waals surface area (Å²) in [6, 6.07) is 4.37. The molecule has 1 aromatic rings. The molecule has 27 heavy (non-hydrogen) atoms. The zero-order valence-corrected chi connectivity index (χ0v) is 15.9. The number of rotatable bonds is 4. The van der Waals surface area contributed by atoms with Crippen LogP contribution in [0.5, 0.6) is 0 Å². The Balaban J connectivity index is 1.39. The van der Waals surface area contributed by atoms with Crippen molar-refractivity contribution < 1.29 is 18.7 Å². The van der Waals surface area contributed by atoms with E-state index in [2.05, 4.69) is 10.6 Å². The minimum absolute atomic E-state index is 0.273. The Kier molecular flexibility index (Phi) is 4.70. The van der Waals surface area contributed by atoms with Gasteiger partial charge in [-0.1, -0.05) is 6.07 Å². The highest BCUT2D eigenvalue weighted by Crippen LogP contribution is 2.59. The predicted molar refractivity (Wildman–Crippen MR) is 99.6 cm³/mol. The Morgan fingerprint density at radius 1 is 1.11 bits per heavy atom. The van der Waals surface area contributed by atoms with Crippen molar-refractivity contribution in [1.29, 1.82) is 0 Å². The lowest BCUT2D eigenvalue weighted by Gasteiger charge is -2.60. The summed E-state index contributed by atoms with van der Waals surface area (Å²) in [5.41, 5.74) is 0.398. The first-order valence-corrected chi connectivity index (χ1v) is 9.81. The van der Waals surface area contributed by atoms with Gasteiger partial charge in [-0.25, -0.2) is 4.39 Å². The van der Waals surface area contributed by atoms with Crippen molar-refractivity contribution in [1.82, 2.24) is 5.32 Å². The van der Waals surface area contributed by atoms with Crippen LogP contribution in [0.1, 0.15) is 37.7 Å². The van der Waals surface area contributed by atoms with E-state index in [1.54, 1.807) is 26.2 Å². The van der Waals surface area contributed by atoms with E-state index < -0.39 is 17.6 Å². The number of aryl methyl sites for hydroxylation is 1. The largest absolute Gasteiger partial charge is 0.376 e. The number of halogens is 1. The summed E-state index contributed by atoms with van der Waals surface area (Å²) in [6.07, 6.45) is 5.98. The summed E-state index contributed by atoms with van der Waals surface area (Å²) in [5, 5.41) is 5.24. The molecule has 0 saturated heterocycles. The van der Waals surface area contributed by atoms with Gasteiger partial charge in [0, 0.05) is 19.3 Å². The standard InChI is InChI=1S/C21H27FN2O3/c1-12-3-4-17(10-18(12)22)24-20(26)19(25)23-11-21(27-2)15-6-13-5-14(8-15)9-16(21)7-13/h3-4,10,13-16H,5-9,11H2,1-2H3,(H,23,25)(H,24,26). The molecule has 4 saturated carbocycles. The number of anilines is 1. The molecule has 4 bridgehead atoms. The van der Waals surface area contributed by atoms with E-state index in [0.717, 1.165) is 37.5 Å². The molecule has 0 radical (unpaired) electrons. The summed E-state index contributed by atoms with van der Waals surface area (Å²) in [4.78, 5) is 24.5. The molecule has 2 amide bonds. The van der Waals surface area contributed by atoms with Crippen molar-refractivity contribution in [3.8, 4) is 0 Å². The number of hydrogen-bond acceptors (Lipinski definition) is 3. The van der Waals surface area contributed by atoms with Crippen LogP contribution >= 0.6 is 0 Å². The van der Waals surface area contributed by atoms with Crippen LogP contribution in [-0.4, -0.2) is 31.1 Å². The van der Waals surface area contributed by atoms with Gasteiger partial charge in [-0.05, 0) is 80.4 Å². The van der Waals surface area contributed by atoms with Crippen LogP contribution in [0, 0.1) is 36.4 Å². The van der Waals surface area contributed by atoms with Crippen molar-refractivity contribution in [2.24, 2.45) is 23.7 Å². The van der Waals surface area contributed by atoms with Crippen LogP contribution in [0.15, 0.2) is 18.2 Å². The van der Waals surface area contributed by atoms with Gasteiger partial charge in [0.25, 0.3) is 0 Å². The first-order valence-electron chi connectivity index (χ1n) is 9.81. The second-order valence-corrected chi connectivity index (χ2v) is 8.56. The summed E-state index contributed by atoms with van der Waals surface area (Å²) in [6.45, 7) is 2.00. The van der Waals surface area contributed by atoms with Gasteiger partial charge in [0.2, 0.25) is 0 Å². The molecule has 0 aromatic heterocycles. The summed E-state index contributed by atoms with van der Waals surface area (Å²) in [7, 11) is 1.73. The van der Waals surface area contributed by atoms with E-state index in [1.807, 2.05) is 0 Å². The maximum atomic E-state index is 13.6. The van der Waals surface area contributed by atoms with Crippen molar-refractivity contribution in [2.75, 3.05) is 19.0 Å². The third kappa shape index (κ3) is 3.24. The third-order valence-corrected chi connectivity index (χ3v) is 7.06. The van der Waals surface area contributed by atoms with Crippen LogP contribution in [0.2, 0.25) is 0 Å². The molecule has 0 spiro atoms. The van der Waals surface area contributed by atoms with E-state index in [-0.39, 0.29) is 11.3 Å². The van der Waals surface area contributed by atoms with Crippen molar-refractivity contribution in [2.45, 2.75) is 44.6 Å². The number of methoxy groups -OCH3 is 1. The highest BCUT2D eigenvalue weighted by atomic mass is 19.1. The van der Waals surface area contributed by atoms with Crippen LogP contribution in [-0.2, 0) is 14.3 Å².